The number of imidazole rings is 1. The van der Waals surface area contributed by atoms with Gasteiger partial charge in [0.15, 0.2) is 11.2 Å². The van der Waals surface area contributed by atoms with E-state index in [1.54, 1.807) is 6.33 Å². The van der Waals surface area contributed by atoms with E-state index in [-0.39, 0.29) is 24.1 Å². The lowest BCUT2D eigenvalue weighted by Crippen LogP contribution is -2.31. The molecule has 0 saturated heterocycles. The van der Waals surface area contributed by atoms with Crippen molar-refractivity contribution in [1.29, 1.82) is 0 Å². The first kappa shape index (κ1) is 10.2. The molecule has 0 radical (unpaired) electrons. The van der Waals surface area contributed by atoms with Crippen molar-refractivity contribution in [3.05, 3.63) is 35.2 Å². The molecule has 2 heterocycles. The minimum atomic E-state index is -0.239. The second-order valence-corrected chi connectivity index (χ2v) is 4.26. The number of rotatable bonds is 2. The van der Waals surface area contributed by atoms with Crippen LogP contribution in [0.5, 0.6) is 0 Å². The fourth-order valence-electron chi connectivity index (χ4n) is 2.26. The molecule has 1 fully saturated rings. The molecule has 3 rings (SSSR count). The van der Waals surface area contributed by atoms with Gasteiger partial charge in [0.05, 0.1) is 18.7 Å². The monoisotopic (exact) mass is 232 g/mol. The van der Waals surface area contributed by atoms with Crippen LogP contribution >= 0.6 is 0 Å². The molecular weight excluding hydrogens is 220 g/mol. The predicted molar refractivity (Wildman–Crippen MR) is 61.5 cm³/mol. The fraction of sp³-hybridized carbons (Fsp3) is 0.364. The van der Waals surface area contributed by atoms with Crippen LogP contribution in [0, 0.1) is 5.92 Å². The van der Waals surface area contributed by atoms with Gasteiger partial charge in [-0.05, 0) is 12.0 Å². The quantitative estimate of drug-likeness (QED) is 0.726. The lowest BCUT2D eigenvalue weighted by Gasteiger charge is -2.38. The third-order valence-electron chi connectivity index (χ3n) is 3.38. The molecule has 17 heavy (non-hydrogen) atoms. The van der Waals surface area contributed by atoms with Gasteiger partial charge in [0.2, 0.25) is 0 Å². The molecule has 0 aliphatic heterocycles. The van der Waals surface area contributed by atoms with Crippen LogP contribution in [0.1, 0.15) is 12.5 Å². The summed E-state index contributed by atoms with van der Waals surface area (Å²) in [4.78, 5) is 22.2. The summed E-state index contributed by atoms with van der Waals surface area (Å²) in [6.07, 6.45) is 3.79. The number of aromatic amines is 1. The zero-order valence-electron chi connectivity index (χ0n) is 9.13. The number of hydrogen-bond donors (Lipinski definition) is 2. The molecule has 88 valence electrons. The van der Waals surface area contributed by atoms with Crippen molar-refractivity contribution in [3.8, 4) is 0 Å². The largest absolute Gasteiger partial charge is 0.396 e. The molecule has 0 spiro atoms. The highest BCUT2D eigenvalue weighted by Gasteiger charge is 2.35. The summed E-state index contributed by atoms with van der Waals surface area (Å²) in [7, 11) is 0. The van der Waals surface area contributed by atoms with Crippen LogP contribution in [-0.2, 0) is 0 Å². The van der Waals surface area contributed by atoms with Crippen molar-refractivity contribution in [2.24, 2.45) is 5.92 Å². The number of H-pyrrole nitrogens is 1. The van der Waals surface area contributed by atoms with Crippen molar-refractivity contribution in [2.75, 3.05) is 6.61 Å². The molecule has 6 nitrogen and oxygen atoms in total. The summed E-state index contributed by atoms with van der Waals surface area (Å²) >= 11 is 0. The number of hydrogen-bond acceptors (Lipinski definition) is 4. The van der Waals surface area contributed by atoms with Gasteiger partial charge in [0.25, 0.3) is 5.56 Å². The molecule has 6 heteroatoms. The number of aromatic nitrogens is 4. The number of nitrogens with zero attached hydrogens (tertiary/aromatic N) is 3. The zero-order valence-corrected chi connectivity index (χ0v) is 9.13. The minimum absolute atomic E-state index is 0.0893. The van der Waals surface area contributed by atoms with E-state index >= 15 is 0 Å². The Morgan fingerprint density at radius 1 is 1.59 bits per heavy atom. The Bertz CT molecular complexity index is 642. The van der Waals surface area contributed by atoms with E-state index in [1.165, 1.54) is 6.33 Å². The average Bonchev–Trinajstić information content (AvgIpc) is 2.73. The number of aliphatic hydroxyl groups excluding tert-OH is 1. The van der Waals surface area contributed by atoms with E-state index in [9.17, 15) is 4.79 Å². The highest BCUT2D eigenvalue weighted by molar-refractivity contribution is 5.69. The fourth-order valence-corrected chi connectivity index (χ4v) is 2.26. The highest BCUT2D eigenvalue weighted by Crippen LogP contribution is 2.42. The Kier molecular flexibility index (Phi) is 2.12. The molecule has 0 amide bonds. The first-order valence-electron chi connectivity index (χ1n) is 5.42. The van der Waals surface area contributed by atoms with Gasteiger partial charge in [-0.1, -0.05) is 6.58 Å². The smallest absolute Gasteiger partial charge is 0.278 e. The predicted octanol–water partition coefficient (Wildman–Crippen LogP) is 0.229. The summed E-state index contributed by atoms with van der Waals surface area (Å²) in [5, 5.41) is 9.07. The Balaban J connectivity index is 2.06. The number of aliphatic hydroxyl groups is 1. The van der Waals surface area contributed by atoms with Gasteiger partial charge in [-0.3, -0.25) is 4.79 Å². The minimum Gasteiger partial charge on any atom is -0.396 e. The Morgan fingerprint density at radius 2 is 2.41 bits per heavy atom. The van der Waals surface area contributed by atoms with Gasteiger partial charge >= 0.3 is 0 Å². The molecule has 2 aromatic heterocycles. The van der Waals surface area contributed by atoms with E-state index in [0.29, 0.717) is 11.2 Å². The molecule has 1 aliphatic rings. The van der Waals surface area contributed by atoms with Crippen LogP contribution in [-0.4, -0.2) is 31.2 Å². The van der Waals surface area contributed by atoms with Crippen LogP contribution in [0.4, 0.5) is 0 Å². The van der Waals surface area contributed by atoms with Crippen molar-refractivity contribution in [1.82, 2.24) is 19.5 Å². The molecule has 1 saturated carbocycles. The average molecular weight is 232 g/mol. The molecule has 0 aromatic carbocycles. The third-order valence-corrected chi connectivity index (χ3v) is 3.38. The zero-order chi connectivity index (χ0) is 12.0. The molecule has 2 atom stereocenters. The van der Waals surface area contributed by atoms with Gasteiger partial charge in [-0.2, -0.15) is 0 Å². The Hall–Kier alpha value is -1.95. The van der Waals surface area contributed by atoms with Crippen LogP contribution in [0.15, 0.2) is 29.6 Å². The van der Waals surface area contributed by atoms with Gasteiger partial charge in [0.1, 0.15) is 0 Å². The number of nitrogens with one attached hydrogen (secondary N) is 1. The van der Waals surface area contributed by atoms with E-state index < -0.39 is 0 Å². The van der Waals surface area contributed by atoms with Crippen LogP contribution in [0.3, 0.4) is 0 Å². The lowest BCUT2D eigenvalue weighted by atomic mass is 9.76. The second-order valence-electron chi connectivity index (χ2n) is 4.26. The summed E-state index contributed by atoms with van der Waals surface area (Å²) in [5.41, 5.74) is 1.63. The Morgan fingerprint density at radius 3 is 3.12 bits per heavy atom. The first-order chi connectivity index (χ1) is 8.22. The van der Waals surface area contributed by atoms with Crippen molar-refractivity contribution >= 4 is 11.2 Å². The van der Waals surface area contributed by atoms with E-state index in [1.807, 2.05) is 4.57 Å². The van der Waals surface area contributed by atoms with Crippen molar-refractivity contribution in [2.45, 2.75) is 12.5 Å². The van der Waals surface area contributed by atoms with Crippen molar-refractivity contribution < 1.29 is 5.11 Å². The van der Waals surface area contributed by atoms with Gasteiger partial charge < -0.3 is 14.7 Å². The molecular formula is C11H12N4O2. The van der Waals surface area contributed by atoms with E-state index in [0.717, 1.165) is 12.0 Å². The highest BCUT2D eigenvalue weighted by atomic mass is 16.3. The second kappa shape index (κ2) is 3.53. The lowest BCUT2D eigenvalue weighted by molar-refractivity contribution is 0.180. The number of fused-ring (bicyclic) bond motifs is 1. The first-order valence-corrected chi connectivity index (χ1v) is 5.42. The molecule has 2 unspecified atom stereocenters. The van der Waals surface area contributed by atoms with Gasteiger partial charge in [-0.15, -0.1) is 0 Å². The van der Waals surface area contributed by atoms with Crippen LogP contribution < -0.4 is 5.56 Å². The van der Waals surface area contributed by atoms with Crippen LogP contribution in [0.25, 0.3) is 11.2 Å². The summed E-state index contributed by atoms with van der Waals surface area (Å²) < 4.78 is 1.85. The summed E-state index contributed by atoms with van der Waals surface area (Å²) in [6.45, 7) is 4.08. The normalized spacial score (nSPS) is 23.9. The summed E-state index contributed by atoms with van der Waals surface area (Å²) in [6, 6.07) is 0.0893. The molecule has 0 bridgehead atoms. The molecule has 2 aromatic rings. The van der Waals surface area contributed by atoms with E-state index in [2.05, 4.69) is 21.5 Å². The van der Waals surface area contributed by atoms with Gasteiger partial charge in [-0.25, -0.2) is 9.97 Å². The van der Waals surface area contributed by atoms with Crippen LogP contribution in [0.2, 0.25) is 0 Å². The molecule has 1 aliphatic carbocycles. The molecule has 2 N–H and O–H groups in total. The van der Waals surface area contributed by atoms with E-state index in [4.69, 9.17) is 5.11 Å². The maximum Gasteiger partial charge on any atom is 0.278 e. The maximum atomic E-state index is 11.5. The topological polar surface area (TPSA) is 83.8 Å². The third kappa shape index (κ3) is 1.34. The SMILES string of the molecule is C=C1C(CO)CC1n1cnc2c(=O)[nH]cnc21. The Labute approximate surface area is 96.6 Å². The van der Waals surface area contributed by atoms with Gasteiger partial charge in [0, 0.05) is 12.5 Å². The maximum absolute atomic E-state index is 11.5. The summed E-state index contributed by atoms with van der Waals surface area (Å²) in [5.74, 6) is 0.152. The standard InChI is InChI=1S/C11H12N4O2/c1-6-7(3-16)2-8(6)15-5-14-9-10(15)12-4-13-11(9)17/h4-5,7-8,16H,1-3H2,(H,12,13,17). The van der Waals surface area contributed by atoms with Crippen molar-refractivity contribution in [3.63, 3.8) is 0 Å².